The number of nitrogens with one attached hydrogen (secondary N) is 1. The van der Waals surface area contributed by atoms with Crippen LogP contribution < -0.4 is 5.32 Å². The van der Waals surface area contributed by atoms with Crippen molar-refractivity contribution in [3.8, 4) is 11.5 Å². The number of amides is 1. The standard InChI is InChI=1S/C23H21N5O4S2/c1-28(15-17-6-3-2-4-7-17)34(30,31)20-11-9-19(10-12-20)25-21(29)16-33-23-27-26-22(32-23)18-8-5-13-24-14-18/h2-14H,15-16H2,1H3,(H,25,29). The van der Waals surface area contributed by atoms with Crippen LogP contribution in [0.4, 0.5) is 5.69 Å². The Hall–Kier alpha value is -3.54. The lowest BCUT2D eigenvalue weighted by atomic mass is 10.2. The van der Waals surface area contributed by atoms with Crippen molar-refractivity contribution in [1.82, 2.24) is 19.5 Å². The molecule has 1 N–H and O–H groups in total. The number of thioether (sulfide) groups is 1. The molecule has 174 valence electrons. The number of hydrogen-bond donors (Lipinski definition) is 1. The lowest BCUT2D eigenvalue weighted by Gasteiger charge is -2.17. The first-order valence-corrected chi connectivity index (χ1v) is 12.6. The average molecular weight is 496 g/mol. The third kappa shape index (κ3) is 5.87. The largest absolute Gasteiger partial charge is 0.411 e. The fraction of sp³-hybridized carbons (Fsp3) is 0.130. The highest BCUT2D eigenvalue weighted by Crippen LogP contribution is 2.23. The Bertz CT molecular complexity index is 1350. The minimum Gasteiger partial charge on any atom is -0.411 e. The number of rotatable bonds is 9. The van der Waals surface area contributed by atoms with Gasteiger partial charge in [-0.25, -0.2) is 8.42 Å². The molecular weight excluding hydrogens is 474 g/mol. The summed E-state index contributed by atoms with van der Waals surface area (Å²) >= 11 is 1.10. The second-order valence-electron chi connectivity index (χ2n) is 7.22. The average Bonchev–Trinajstić information content (AvgIpc) is 3.33. The molecule has 0 bridgehead atoms. The summed E-state index contributed by atoms with van der Waals surface area (Å²) in [5.41, 5.74) is 2.07. The molecule has 2 aromatic heterocycles. The maximum Gasteiger partial charge on any atom is 0.277 e. The van der Waals surface area contributed by atoms with E-state index in [1.165, 1.54) is 23.5 Å². The minimum atomic E-state index is -3.66. The lowest BCUT2D eigenvalue weighted by Crippen LogP contribution is -2.26. The van der Waals surface area contributed by atoms with Gasteiger partial charge in [0.1, 0.15) is 0 Å². The van der Waals surface area contributed by atoms with Crippen LogP contribution in [0.15, 0.2) is 93.7 Å². The van der Waals surface area contributed by atoms with Gasteiger partial charge in [0, 0.05) is 31.7 Å². The number of sulfonamides is 1. The second-order valence-corrected chi connectivity index (χ2v) is 10.2. The van der Waals surface area contributed by atoms with Crippen LogP contribution in [0.3, 0.4) is 0 Å². The molecular formula is C23H21N5O4S2. The van der Waals surface area contributed by atoms with Gasteiger partial charge in [-0.15, -0.1) is 10.2 Å². The van der Waals surface area contributed by atoms with E-state index in [0.717, 1.165) is 17.3 Å². The van der Waals surface area contributed by atoms with Crippen LogP contribution >= 0.6 is 11.8 Å². The van der Waals surface area contributed by atoms with Crippen molar-refractivity contribution >= 4 is 33.4 Å². The number of aromatic nitrogens is 3. The highest BCUT2D eigenvalue weighted by Gasteiger charge is 2.21. The van der Waals surface area contributed by atoms with E-state index in [9.17, 15) is 13.2 Å². The Balaban J connectivity index is 1.31. The first-order valence-electron chi connectivity index (χ1n) is 10.2. The molecule has 4 aromatic rings. The molecule has 0 aliphatic rings. The van der Waals surface area contributed by atoms with Crippen LogP contribution in [0.1, 0.15) is 5.56 Å². The molecule has 9 nitrogen and oxygen atoms in total. The molecule has 2 heterocycles. The summed E-state index contributed by atoms with van der Waals surface area (Å²) in [6.45, 7) is 0.261. The van der Waals surface area contributed by atoms with Gasteiger partial charge < -0.3 is 9.73 Å². The Kier molecular flexibility index (Phi) is 7.36. The van der Waals surface area contributed by atoms with Gasteiger partial charge in [0.05, 0.1) is 16.2 Å². The van der Waals surface area contributed by atoms with Crippen LogP contribution in [0.2, 0.25) is 0 Å². The van der Waals surface area contributed by atoms with Crippen molar-refractivity contribution in [2.75, 3.05) is 18.1 Å². The molecule has 1 amide bonds. The van der Waals surface area contributed by atoms with Crippen molar-refractivity contribution in [2.45, 2.75) is 16.7 Å². The maximum atomic E-state index is 12.8. The van der Waals surface area contributed by atoms with Crippen LogP contribution in [0.5, 0.6) is 0 Å². The smallest absolute Gasteiger partial charge is 0.277 e. The monoisotopic (exact) mass is 495 g/mol. The first kappa shape index (κ1) is 23.6. The summed E-state index contributed by atoms with van der Waals surface area (Å²) < 4.78 is 32.5. The van der Waals surface area contributed by atoms with E-state index in [1.54, 1.807) is 36.7 Å². The molecule has 0 spiro atoms. The van der Waals surface area contributed by atoms with Crippen molar-refractivity contribution < 1.29 is 17.6 Å². The van der Waals surface area contributed by atoms with Crippen LogP contribution in [0, 0.1) is 0 Å². The van der Waals surface area contributed by atoms with Crippen molar-refractivity contribution in [2.24, 2.45) is 0 Å². The summed E-state index contributed by atoms with van der Waals surface area (Å²) in [6.07, 6.45) is 3.25. The van der Waals surface area contributed by atoms with Gasteiger partial charge in [0.2, 0.25) is 21.8 Å². The van der Waals surface area contributed by atoms with Crippen LogP contribution in [0.25, 0.3) is 11.5 Å². The zero-order valence-corrected chi connectivity index (χ0v) is 19.8. The molecule has 11 heteroatoms. The highest BCUT2D eigenvalue weighted by molar-refractivity contribution is 7.99. The van der Waals surface area contributed by atoms with Gasteiger partial charge >= 0.3 is 0 Å². The summed E-state index contributed by atoms with van der Waals surface area (Å²) in [5, 5.41) is 10.9. The van der Waals surface area contributed by atoms with E-state index >= 15 is 0 Å². The van der Waals surface area contributed by atoms with E-state index in [2.05, 4.69) is 20.5 Å². The third-order valence-corrected chi connectivity index (χ3v) is 7.37. The van der Waals surface area contributed by atoms with E-state index in [4.69, 9.17) is 4.42 Å². The number of pyridine rings is 1. The number of carbonyl (C=O) groups excluding carboxylic acids is 1. The first-order chi connectivity index (χ1) is 16.4. The van der Waals surface area contributed by atoms with Crippen molar-refractivity contribution in [3.05, 3.63) is 84.7 Å². The summed E-state index contributed by atoms with van der Waals surface area (Å²) in [6, 6.07) is 19.0. The minimum absolute atomic E-state index is 0.0501. The SMILES string of the molecule is CN(Cc1ccccc1)S(=O)(=O)c1ccc(NC(=O)CSc2nnc(-c3cccnc3)o2)cc1. The molecule has 0 aliphatic heterocycles. The number of carbonyl (C=O) groups is 1. The van der Waals surface area contributed by atoms with Gasteiger partial charge in [0.15, 0.2) is 0 Å². The third-order valence-electron chi connectivity index (χ3n) is 4.74. The number of nitrogens with zero attached hydrogens (tertiary/aromatic N) is 4. The maximum absolute atomic E-state index is 12.8. The van der Waals surface area contributed by atoms with Gasteiger partial charge in [-0.05, 0) is 42.0 Å². The second kappa shape index (κ2) is 10.6. The normalized spacial score (nSPS) is 11.5. The van der Waals surface area contributed by atoms with E-state index in [0.29, 0.717) is 17.1 Å². The Morgan fingerprint density at radius 2 is 1.79 bits per heavy atom. The van der Waals surface area contributed by atoms with E-state index < -0.39 is 10.0 Å². The Labute approximate surface area is 201 Å². The predicted octanol–water partition coefficient (Wildman–Crippen LogP) is 3.68. The molecule has 34 heavy (non-hydrogen) atoms. The molecule has 0 saturated heterocycles. The lowest BCUT2D eigenvalue weighted by molar-refractivity contribution is -0.113. The van der Waals surface area contributed by atoms with Gasteiger partial charge in [-0.1, -0.05) is 42.1 Å². The topological polar surface area (TPSA) is 118 Å². The molecule has 2 aromatic carbocycles. The Morgan fingerprint density at radius 1 is 1.03 bits per heavy atom. The fourth-order valence-electron chi connectivity index (χ4n) is 3.01. The predicted molar refractivity (Wildman–Crippen MR) is 128 cm³/mol. The zero-order chi connectivity index (χ0) is 24.0. The summed E-state index contributed by atoms with van der Waals surface area (Å²) in [7, 11) is -2.13. The number of anilines is 1. The highest BCUT2D eigenvalue weighted by atomic mass is 32.2. The molecule has 0 unspecified atom stereocenters. The summed E-state index contributed by atoms with van der Waals surface area (Å²) in [4.78, 5) is 16.4. The van der Waals surface area contributed by atoms with E-state index in [1.807, 2.05) is 30.3 Å². The quantitative estimate of drug-likeness (QED) is 0.349. The number of hydrogen-bond acceptors (Lipinski definition) is 8. The zero-order valence-electron chi connectivity index (χ0n) is 18.2. The van der Waals surface area contributed by atoms with Gasteiger partial charge in [0.25, 0.3) is 5.22 Å². The molecule has 4 rings (SSSR count). The summed E-state index contributed by atoms with van der Waals surface area (Å²) in [5.74, 6) is 0.0853. The van der Waals surface area contributed by atoms with Crippen molar-refractivity contribution in [3.63, 3.8) is 0 Å². The van der Waals surface area contributed by atoms with Crippen LogP contribution in [-0.2, 0) is 21.4 Å². The number of benzene rings is 2. The van der Waals surface area contributed by atoms with E-state index in [-0.39, 0.29) is 28.3 Å². The molecule has 0 radical (unpaired) electrons. The van der Waals surface area contributed by atoms with Gasteiger partial charge in [-0.2, -0.15) is 4.31 Å². The molecule has 0 aliphatic carbocycles. The Morgan fingerprint density at radius 3 is 2.50 bits per heavy atom. The van der Waals surface area contributed by atoms with Crippen molar-refractivity contribution in [1.29, 1.82) is 0 Å². The fourth-order valence-corrected chi connectivity index (χ4v) is 4.74. The van der Waals surface area contributed by atoms with Crippen LogP contribution in [-0.4, -0.2) is 46.6 Å². The van der Waals surface area contributed by atoms with Gasteiger partial charge in [-0.3, -0.25) is 9.78 Å². The molecule has 0 atom stereocenters. The molecule has 0 saturated carbocycles. The molecule has 0 fully saturated rings.